The molecule has 0 spiro atoms. The molecule has 3 heteroatoms. The highest BCUT2D eigenvalue weighted by Gasteiger charge is 2.33. The minimum absolute atomic E-state index is 0.0580. The number of methoxy groups -OCH3 is 1. The van der Waals surface area contributed by atoms with Crippen molar-refractivity contribution in [2.24, 2.45) is 5.41 Å². The number of hydrogen-bond donors (Lipinski definition) is 1. The van der Waals surface area contributed by atoms with Crippen molar-refractivity contribution >= 4 is 11.6 Å². The van der Waals surface area contributed by atoms with Crippen LogP contribution in [0.3, 0.4) is 0 Å². The average Bonchev–Trinajstić information content (AvgIpc) is 2.32. The SMILES string of the molecule is CCCNC(c1cccc(Cl)c1)C(OC)C(C)(C)C. The molecule has 0 aliphatic carbocycles. The second-order valence-electron chi connectivity index (χ2n) is 6.01. The Labute approximate surface area is 122 Å². The first-order chi connectivity index (χ1) is 8.90. The summed E-state index contributed by atoms with van der Waals surface area (Å²) in [7, 11) is 1.78. The predicted octanol–water partition coefficient (Wildman–Crippen LogP) is 4.44. The van der Waals surface area contributed by atoms with Crippen LogP contribution >= 0.6 is 11.6 Å². The number of benzene rings is 1. The fourth-order valence-corrected chi connectivity index (χ4v) is 2.59. The van der Waals surface area contributed by atoms with Crippen LogP contribution in [0, 0.1) is 5.41 Å². The van der Waals surface area contributed by atoms with E-state index < -0.39 is 0 Å². The van der Waals surface area contributed by atoms with Crippen molar-refractivity contribution in [1.29, 1.82) is 0 Å². The molecule has 1 aromatic rings. The highest BCUT2D eigenvalue weighted by Crippen LogP contribution is 2.33. The molecule has 0 radical (unpaired) electrons. The van der Waals surface area contributed by atoms with E-state index in [1.807, 2.05) is 18.2 Å². The lowest BCUT2D eigenvalue weighted by molar-refractivity contribution is -0.0119. The number of ether oxygens (including phenoxy) is 1. The van der Waals surface area contributed by atoms with Gasteiger partial charge in [-0.1, -0.05) is 51.4 Å². The maximum absolute atomic E-state index is 6.12. The Balaban J connectivity index is 3.06. The van der Waals surface area contributed by atoms with Crippen LogP contribution in [0.4, 0.5) is 0 Å². The second-order valence-corrected chi connectivity index (χ2v) is 6.45. The molecular formula is C16H26ClNO. The Morgan fingerprint density at radius 1 is 1.32 bits per heavy atom. The molecule has 0 amide bonds. The predicted molar refractivity (Wildman–Crippen MR) is 82.7 cm³/mol. The first-order valence-corrected chi connectivity index (χ1v) is 7.29. The minimum Gasteiger partial charge on any atom is -0.379 e. The van der Waals surface area contributed by atoms with Crippen LogP contribution in [0.2, 0.25) is 5.02 Å². The molecule has 1 rings (SSSR count). The van der Waals surface area contributed by atoms with Gasteiger partial charge >= 0.3 is 0 Å². The molecule has 0 fully saturated rings. The molecule has 0 aliphatic rings. The number of hydrogen-bond acceptors (Lipinski definition) is 2. The maximum Gasteiger partial charge on any atom is 0.0814 e. The van der Waals surface area contributed by atoms with E-state index in [0.717, 1.165) is 18.0 Å². The lowest BCUT2D eigenvalue weighted by Gasteiger charge is -2.37. The molecule has 108 valence electrons. The van der Waals surface area contributed by atoms with E-state index in [1.54, 1.807) is 7.11 Å². The Morgan fingerprint density at radius 3 is 2.47 bits per heavy atom. The van der Waals surface area contributed by atoms with Crippen LogP contribution in [0.1, 0.15) is 45.7 Å². The van der Waals surface area contributed by atoms with Crippen molar-refractivity contribution in [3.8, 4) is 0 Å². The molecule has 0 aromatic heterocycles. The average molecular weight is 284 g/mol. The Kier molecular flexibility index (Phi) is 6.31. The zero-order chi connectivity index (χ0) is 14.5. The smallest absolute Gasteiger partial charge is 0.0814 e. The van der Waals surface area contributed by atoms with Crippen LogP contribution in [0.25, 0.3) is 0 Å². The summed E-state index contributed by atoms with van der Waals surface area (Å²) in [6, 6.07) is 8.18. The van der Waals surface area contributed by atoms with Gasteiger partial charge in [-0.2, -0.15) is 0 Å². The van der Waals surface area contributed by atoms with Gasteiger partial charge in [0.05, 0.1) is 12.1 Å². The first-order valence-electron chi connectivity index (χ1n) is 6.91. The van der Waals surface area contributed by atoms with Gasteiger partial charge in [-0.3, -0.25) is 0 Å². The van der Waals surface area contributed by atoms with Crippen molar-refractivity contribution in [2.45, 2.75) is 46.3 Å². The third kappa shape index (κ3) is 4.79. The van der Waals surface area contributed by atoms with E-state index in [0.29, 0.717) is 0 Å². The van der Waals surface area contributed by atoms with Crippen molar-refractivity contribution in [3.63, 3.8) is 0 Å². The highest BCUT2D eigenvalue weighted by molar-refractivity contribution is 6.30. The van der Waals surface area contributed by atoms with Crippen molar-refractivity contribution in [2.75, 3.05) is 13.7 Å². The first kappa shape index (κ1) is 16.5. The van der Waals surface area contributed by atoms with E-state index in [2.05, 4.69) is 39.1 Å². The summed E-state index contributed by atoms with van der Waals surface area (Å²) in [4.78, 5) is 0. The second kappa shape index (κ2) is 7.28. The number of nitrogens with one attached hydrogen (secondary N) is 1. The molecule has 0 heterocycles. The summed E-state index contributed by atoms with van der Waals surface area (Å²) >= 11 is 6.12. The molecule has 19 heavy (non-hydrogen) atoms. The summed E-state index contributed by atoms with van der Waals surface area (Å²) in [5, 5.41) is 4.35. The van der Waals surface area contributed by atoms with E-state index in [9.17, 15) is 0 Å². The molecule has 2 nitrogen and oxygen atoms in total. The third-order valence-electron chi connectivity index (χ3n) is 3.23. The molecule has 1 N–H and O–H groups in total. The minimum atomic E-state index is 0.0580. The van der Waals surface area contributed by atoms with Crippen LogP contribution in [-0.2, 0) is 4.74 Å². The Hall–Kier alpha value is -0.570. The van der Waals surface area contributed by atoms with Gasteiger partial charge in [-0.25, -0.2) is 0 Å². The molecule has 2 atom stereocenters. The molecule has 0 bridgehead atoms. The highest BCUT2D eigenvalue weighted by atomic mass is 35.5. The van der Waals surface area contributed by atoms with Gasteiger partial charge in [0.2, 0.25) is 0 Å². The zero-order valence-electron chi connectivity index (χ0n) is 12.7. The monoisotopic (exact) mass is 283 g/mol. The van der Waals surface area contributed by atoms with Gasteiger partial charge in [0, 0.05) is 12.1 Å². The molecule has 0 saturated carbocycles. The molecule has 0 saturated heterocycles. The largest absolute Gasteiger partial charge is 0.379 e. The Morgan fingerprint density at radius 2 is 2.00 bits per heavy atom. The summed E-state index contributed by atoms with van der Waals surface area (Å²) in [5.74, 6) is 0. The van der Waals surface area contributed by atoms with E-state index in [4.69, 9.17) is 16.3 Å². The quantitative estimate of drug-likeness (QED) is 0.833. The van der Waals surface area contributed by atoms with Crippen LogP contribution in [0.5, 0.6) is 0 Å². The van der Waals surface area contributed by atoms with E-state index in [-0.39, 0.29) is 17.6 Å². The third-order valence-corrected chi connectivity index (χ3v) is 3.47. The van der Waals surface area contributed by atoms with Crippen molar-refractivity contribution in [3.05, 3.63) is 34.9 Å². The van der Waals surface area contributed by atoms with E-state index >= 15 is 0 Å². The van der Waals surface area contributed by atoms with Crippen molar-refractivity contribution < 1.29 is 4.74 Å². The summed E-state index contributed by atoms with van der Waals surface area (Å²) in [6.07, 6.45) is 1.19. The summed E-state index contributed by atoms with van der Waals surface area (Å²) in [5.41, 5.74) is 1.24. The molecule has 0 aliphatic heterocycles. The number of halogens is 1. The lowest BCUT2D eigenvalue weighted by atomic mass is 9.82. The van der Waals surface area contributed by atoms with Gasteiger partial charge in [0.25, 0.3) is 0 Å². The molecule has 2 unspecified atom stereocenters. The summed E-state index contributed by atoms with van der Waals surface area (Å²) < 4.78 is 5.76. The van der Waals surface area contributed by atoms with Crippen LogP contribution in [0.15, 0.2) is 24.3 Å². The normalized spacial score (nSPS) is 15.3. The van der Waals surface area contributed by atoms with Gasteiger partial charge < -0.3 is 10.1 Å². The van der Waals surface area contributed by atoms with Crippen LogP contribution in [-0.4, -0.2) is 19.8 Å². The van der Waals surface area contributed by atoms with Crippen LogP contribution < -0.4 is 5.32 Å². The Bertz CT molecular complexity index is 387. The summed E-state index contributed by atoms with van der Waals surface area (Å²) in [6.45, 7) is 9.74. The zero-order valence-corrected chi connectivity index (χ0v) is 13.4. The fraction of sp³-hybridized carbons (Fsp3) is 0.625. The lowest BCUT2D eigenvalue weighted by Crippen LogP contribution is -2.41. The van der Waals surface area contributed by atoms with Gasteiger partial charge in [-0.05, 0) is 36.1 Å². The molecular weight excluding hydrogens is 258 g/mol. The number of rotatable bonds is 6. The van der Waals surface area contributed by atoms with Gasteiger partial charge in [0.1, 0.15) is 0 Å². The molecule has 1 aromatic carbocycles. The fourth-order valence-electron chi connectivity index (χ4n) is 2.39. The standard InChI is InChI=1S/C16H26ClNO/c1-6-10-18-14(15(19-5)16(2,3)4)12-8-7-9-13(17)11-12/h7-9,11,14-15,18H,6,10H2,1-5H3. The topological polar surface area (TPSA) is 21.3 Å². The van der Waals surface area contributed by atoms with Gasteiger partial charge in [0.15, 0.2) is 0 Å². The van der Waals surface area contributed by atoms with Gasteiger partial charge in [-0.15, -0.1) is 0 Å². The van der Waals surface area contributed by atoms with E-state index in [1.165, 1.54) is 5.56 Å². The van der Waals surface area contributed by atoms with Crippen molar-refractivity contribution in [1.82, 2.24) is 5.32 Å². The maximum atomic E-state index is 6.12.